The van der Waals surface area contributed by atoms with Gasteiger partial charge in [-0.25, -0.2) is 0 Å². The van der Waals surface area contributed by atoms with Gasteiger partial charge in [-0.15, -0.1) is 0 Å². The Hall–Kier alpha value is -2.28. The highest BCUT2D eigenvalue weighted by Gasteiger charge is 2.41. The zero-order valence-electron chi connectivity index (χ0n) is 14.8. The van der Waals surface area contributed by atoms with Crippen LogP contribution >= 0.6 is 13.5 Å². The summed E-state index contributed by atoms with van der Waals surface area (Å²) in [7, 11) is -4.44. The van der Waals surface area contributed by atoms with Crippen molar-refractivity contribution in [1.29, 1.82) is 0 Å². The molecule has 0 spiro atoms. The summed E-state index contributed by atoms with van der Waals surface area (Å²) in [5.41, 5.74) is 2.32. The maximum absolute atomic E-state index is 12.4. The fourth-order valence-corrected chi connectivity index (χ4v) is 4.00. The van der Waals surface area contributed by atoms with E-state index in [-0.39, 0.29) is 25.7 Å². The van der Waals surface area contributed by atoms with Gasteiger partial charge in [-0.1, -0.05) is 72.8 Å². The molecule has 0 aromatic heterocycles. The summed E-state index contributed by atoms with van der Waals surface area (Å²) in [6.45, 7) is 1.51. The molecule has 27 heavy (non-hydrogen) atoms. The molecular weight excluding hydrogens is 380 g/mol. The van der Waals surface area contributed by atoms with Gasteiger partial charge in [-0.3, -0.25) is 4.55 Å². The van der Waals surface area contributed by atoms with Crippen LogP contribution in [0.3, 0.4) is 0 Å². The third-order valence-corrected chi connectivity index (χ3v) is 6.15. The molecule has 3 aromatic carbocycles. The van der Waals surface area contributed by atoms with Crippen LogP contribution in [0.1, 0.15) is 18.1 Å². The molecule has 1 atom stereocenters. The Kier molecular flexibility index (Phi) is 6.36. The average Bonchev–Trinajstić information content (AvgIpc) is 2.62. The first-order valence-corrected chi connectivity index (χ1v) is 9.66. The van der Waals surface area contributed by atoms with E-state index in [1.807, 2.05) is 30.3 Å². The van der Waals surface area contributed by atoms with Gasteiger partial charge < -0.3 is 5.11 Å². The summed E-state index contributed by atoms with van der Waals surface area (Å²) < 4.78 is 33.4. The lowest BCUT2D eigenvalue weighted by Gasteiger charge is -2.29. The topological polar surface area (TPSA) is 74.6 Å². The molecule has 0 heterocycles. The lowest BCUT2D eigenvalue weighted by Crippen LogP contribution is -2.35. The van der Waals surface area contributed by atoms with Gasteiger partial charge in [0.2, 0.25) is 0 Å². The van der Waals surface area contributed by atoms with Crippen molar-refractivity contribution < 1.29 is 18.1 Å². The van der Waals surface area contributed by atoms with Gasteiger partial charge in [0.15, 0.2) is 0 Å². The molecule has 142 valence electrons. The molecule has 0 bridgehead atoms. The van der Waals surface area contributed by atoms with E-state index >= 15 is 0 Å². The Labute approximate surface area is 166 Å². The molecule has 0 saturated carbocycles. The fraction of sp³-hybridized carbons (Fsp3) is 0.143. The Bertz CT molecular complexity index is 1020. The summed E-state index contributed by atoms with van der Waals surface area (Å²) in [5, 5.41) is 10.2. The van der Waals surface area contributed by atoms with Crippen LogP contribution < -0.4 is 0 Å². The van der Waals surface area contributed by atoms with Crippen molar-refractivity contribution in [3.8, 4) is 16.9 Å². The van der Waals surface area contributed by atoms with Crippen molar-refractivity contribution in [3.05, 3.63) is 90.0 Å². The smallest absolute Gasteiger partial charge is 0.274 e. The minimum atomic E-state index is -4.44. The second-order valence-electron chi connectivity index (χ2n) is 6.43. The summed E-state index contributed by atoms with van der Waals surface area (Å²) in [4.78, 5) is 0. The maximum Gasteiger partial charge on any atom is 0.274 e. The first-order valence-electron chi connectivity index (χ1n) is 8.22. The number of hydrogen-bond acceptors (Lipinski definition) is 3. The van der Waals surface area contributed by atoms with E-state index in [9.17, 15) is 18.1 Å². The highest BCUT2D eigenvalue weighted by Crippen LogP contribution is 2.41. The molecule has 4 nitrogen and oxygen atoms in total. The van der Waals surface area contributed by atoms with Crippen molar-refractivity contribution in [2.45, 2.75) is 18.1 Å². The average molecular weight is 403 g/mol. The van der Waals surface area contributed by atoms with Crippen LogP contribution in [-0.2, 0) is 21.3 Å². The van der Waals surface area contributed by atoms with Gasteiger partial charge in [0, 0.05) is 5.56 Å². The molecule has 6 heteroatoms. The van der Waals surface area contributed by atoms with Crippen molar-refractivity contribution >= 4 is 23.6 Å². The minimum Gasteiger partial charge on any atom is -0.507 e. The molecule has 3 rings (SSSR count). The highest BCUT2D eigenvalue weighted by molar-refractivity contribution is 7.86. The van der Waals surface area contributed by atoms with Crippen molar-refractivity contribution in [3.63, 3.8) is 0 Å². The van der Waals surface area contributed by atoms with Crippen LogP contribution in [0.5, 0.6) is 5.75 Å². The second kappa shape index (κ2) is 8.17. The Morgan fingerprint density at radius 3 is 1.93 bits per heavy atom. The van der Waals surface area contributed by atoms with Crippen LogP contribution in [0.25, 0.3) is 11.1 Å². The van der Waals surface area contributed by atoms with Gasteiger partial charge in [0.1, 0.15) is 10.5 Å². The highest BCUT2D eigenvalue weighted by atomic mass is 32.2. The van der Waals surface area contributed by atoms with Crippen LogP contribution in [0.15, 0.2) is 78.9 Å². The molecule has 0 saturated heterocycles. The zero-order valence-corrected chi connectivity index (χ0v) is 16.6. The summed E-state index contributed by atoms with van der Waals surface area (Å²) >= 11 is 0. The monoisotopic (exact) mass is 402 g/mol. The van der Waals surface area contributed by atoms with E-state index in [0.29, 0.717) is 16.7 Å². The van der Waals surface area contributed by atoms with Crippen LogP contribution in [0, 0.1) is 0 Å². The molecule has 0 aliphatic heterocycles. The Morgan fingerprint density at radius 1 is 0.815 bits per heavy atom. The maximum atomic E-state index is 12.4. The van der Waals surface area contributed by atoms with Crippen LogP contribution in [-0.4, -0.2) is 18.1 Å². The lowest BCUT2D eigenvalue weighted by atomic mass is 9.86. The quantitative estimate of drug-likeness (QED) is 0.616. The largest absolute Gasteiger partial charge is 0.507 e. The van der Waals surface area contributed by atoms with E-state index in [1.165, 1.54) is 6.92 Å². The van der Waals surface area contributed by atoms with E-state index in [1.54, 1.807) is 48.5 Å². The lowest BCUT2D eigenvalue weighted by molar-refractivity contribution is 0.434. The van der Waals surface area contributed by atoms with E-state index in [4.69, 9.17) is 0 Å². The first kappa shape index (κ1) is 21.0. The van der Waals surface area contributed by atoms with E-state index in [2.05, 4.69) is 0 Å². The number of para-hydroxylation sites is 1. The van der Waals surface area contributed by atoms with E-state index < -0.39 is 14.9 Å². The number of phenols is 1. The molecule has 0 aliphatic carbocycles. The van der Waals surface area contributed by atoms with Gasteiger partial charge >= 0.3 is 0 Å². The third kappa shape index (κ3) is 4.18. The van der Waals surface area contributed by atoms with Gasteiger partial charge in [0.25, 0.3) is 10.1 Å². The summed E-state index contributed by atoms with van der Waals surface area (Å²) in [5.74, 6) is 0.0531. The van der Waals surface area contributed by atoms with Gasteiger partial charge in [0.05, 0.1) is 0 Å². The third-order valence-electron chi connectivity index (χ3n) is 4.64. The molecule has 3 aromatic rings. The SMILES string of the molecule is CC(Cc1ccccc1)(c1ccccc1-c1ccccc1O)S(=O)(=O)O.S. The second-order valence-corrected chi connectivity index (χ2v) is 8.28. The van der Waals surface area contributed by atoms with Crippen LogP contribution in [0.4, 0.5) is 0 Å². The Balaban J connectivity index is 0.00000261. The number of rotatable bonds is 5. The number of aromatic hydroxyl groups is 1. The summed E-state index contributed by atoms with van der Waals surface area (Å²) in [6.07, 6.45) is 0.108. The number of phenolic OH excluding ortho intramolecular Hbond substituents is 1. The molecule has 0 fully saturated rings. The molecule has 1 unspecified atom stereocenters. The minimum absolute atomic E-state index is 0. The number of hydrogen-bond donors (Lipinski definition) is 2. The molecule has 2 N–H and O–H groups in total. The standard InChI is InChI=1S/C21H20O4S.H2S/c1-21(26(23,24)25,15-16-9-3-2-4-10-16)19-13-7-5-11-17(19)18-12-6-8-14-20(18)22;/h2-14,22H,15H2,1H3,(H,23,24,25);1H2. The molecular formula is C21H22O4S2. The summed E-state index contributed by atoms with van der Waals surface area (Å²) in [6, 6.07) is 22.8. The van der Waals surface area contributed by atoms with Crippen LogP contribution in [0.2, 0.25) is 0 Å². The number of benzene rings is 3. The van der Waals surface area contributed by atoms with Crippen molar-refractivity contribution in [1.82, 2.24) is 0 Å². The zero-order chi connectivity index (χ0) is 18.8. The predicted octanol–water partition coefficient (Wildman–Crippen LogP) is 4.52. The van der Waals surface area contributed by atoms with Crippen molar-refractivity contribution in [2.24, 2.45) is 0 Å². The van der Waals surface area contributed by atoms with E-state index in [0.717, 1.165) is 5.56 Å². The fourth-order valence-electron chi connectivity index (χ4n) is 3.19. The molecule has 0 aliphatic rings. The molecule has 0 radical (unpaired) electrons. The van der Waals surface area contributed by atoms with Gasteiger partial charge in [-0.05, 0) is 36.1 Å². The van der Waals surface area contributed by atoms with Gasteiger partial charge in [-0.2, -0.15) is 21.9 Å². The molecule has 0 amide bonds. The predicted molar refractivity (Wildman–Crippen MR) is 113 cm³/mol. The Morgan fingerprint density at radius 2 is 1.33 bits per heavy atom. The first-order chi connectivity index (χ1) is 12.3. The van der Waals surface area contributed by atoms with Crippen molar-refractivity contribution in [2.75, 3.05) is 0 Å². The normalized spacial score (nSPS) is 13.4.